The third kappa shape index (κ3) is 1.59. The number of halogens is 1. The molecular weight excluding hydrogens is 196 g/mol. The molecule has 1 aromatic heterocycles. The summed E-state index contributed by atoms with van der Waals surface area (Å²) < 4.78 is 5.83. The van der Waals surface area contributed by atoms with Gasteiger partial charge in [0.15, 0.2) is 4.67 Å². The lowest BCUT2D eigenvalue weighted by molar-refractivity contribution is 0.452. The third-order valence-electron chi connectivity index (χ3n) is 1.21. The summed E-state index contributed by atoms with van der Waals surface area (Å²) >= 11 is 3.17. The second kappa shape index (κ2) is 3.18. The van der Waals surface area contributed by atoms with Crippen molar-refractivity contribution in [3.63, 3.8) is 0 Å². The SMILES string of the molecule is NC[C@@H](N)c1ccc(Br)o1. The van der Waals surface area contributed by atoms with Crippen LogP contribution < -0.4 is 11.5 Å². The fourth-order valence-electron chi connectivity index (χ4n) is 0.644. The van der Waals surface area contributed by atoms with Gasteiger partial charge in [-0.25, -0.2) is 0 Å². The van der Waals surface area contributed by atoms with Crippen molar-refractivity contribution in [2.75, 3.05) is 6.54 Å². The number of furan rings is 1. The van der Waals surface area contributed by atoms with E-state index in [0.29, 0.717) is 11.2 Å². The van der Waals surface area contributed by atoms with Gasteiger partial charge in [0.1, 0.15) is 5.76 Å². The Bertz CT molecular complexity index is 211. The first kappa shape index (κ1) is 7.78. The molecule has 0 radical (unpaired) electrons. The van der Waals surface area contributed by atoms with E-state index in [9.17, 15) is 0 Å². The highest BCUT2D eigenvalue weighted by Gasteiger charge is 2.06. The maximum atomic E-state index is 5.57. The molecule has 0 amide bonds. The van der Waals surface area contributed by atoms with E-state index < -0.39 is 0 Å². The summed E-state index contributed by atoms with van der Waals surface area (Å²) in [6.07, 6.45) is 0. The molecule has 0 aromatic carbocycles. The largest absolute Gasteiger partial charge is 0.453 e. The molecule has 0 aliphatic rings. The second-order valence-corrected chi connectivity index (χ2v) is 2.77. The topological polar surface area (TPSA) is 65.2 Å². The van der Waals surface area contributed by atoms with Crippen LogP contribution in [-0.4, -0.2) is 6.54 Å². The smallest absolute Gasteiger partial charge is 0.169 e. The monoisotopic (exact) mass is 204 g/mol. The predicted octanol–water partition coefficient (Wildman–Crippen LogP) is 1.00. The van der Waals surface area contributed by atoms with Crippen LogP contribution in [0.1, 0.15) is 11.8 Å². The summed E-state index contributed by atoms with van der Waals surface area (Å²) in [6.45, 7) is 0.403. The minimum absolute atomic E-state index is 0.189. The molecule has 0 aliphatic carbocycles. The zero-order chi connectivity index (χ0) is 7.56. The first-order chi connectivity index (χ1) is 4.74. The zero-order valence-corrected chi connectivity index (χ0v) is 6.97. The van der Waals surface area contributed by atoms with Crippen molar-refractivity contribution in [3.05, 3.63) is 22.6 Å². The van der Waals surface area contributed by atoms with Crippen LogP contribution >= 0.6 is 15.9 Å². The highest BCUT2D eigenvalue weighted by molar-refractivity contribution is 9.10. The van der Waals surface area contributed by atoms with E-state index in [1.165, 1.54) is 0 Å². The van der Waals surface area contributed by atoms with Gasteiger partial charge in [-0.05, 0) is 28.1 Å². The van der Waals surface area contributed by atoms with Gasteiger partial charge in [-0.2, -0.15) is 0 Å². The molecule has 0 fully saturated rings. The normalized spacial score (nSPS) is 13.5. The van der Waals surface area contributed by atoms with Crippen LogP contribution in [0.3, 0.4) is 0 Å². The first-order valence-electron chi connectivity index (χ1n) is 2.95. The van der Waals surface area contributed by atoms with Crippen LogP contribution in [0, 0.1) is 0 Å². The van der Waals surface area contributed by atoms with Gasteiger partial charge in [0.05, 0.1) is 6.04 Å². The van der Waals surface area contributed by atoms with E-state index >= 15 is 0 Å². The van der Waals surface area contributed by atoms with E-state index in [1.807, 2.05) is 6.07 Å². The molecule has 0 spiro atoms. The maximum absolute atomic E-state index is 5.57. The molecule has 10 heavy (non-hydrogen) atoms. The molecule has 0 unspecified atom stereocenters. The fraction of sp³-hybridized carbons (Fsp3) is 0.333. The van der Waals surface area contributed by atoms with E-state index in [-0.39, 0.29) is 6.04 Å². The summed E-state index contributed by atoms with van der Waals surface area (Å²) in [5.41, 5.74) is 10.9. The fourth-order valence-corrected chi connectivity index (χ4v) is 0.963. The molecule has 3 nitrogen and oxygen atoms in total. The molecule has 1 atom stereocenters. The number of rotatable bonds is 2. The highest BCUT2D eigenvalue weighted by Crippen LogP contribution is 2.17. The molecule has 1 aromatic rings. The quantitative estimate of drug-likeness (QED) is 0.756. The number of hydrogen-bond acceptors (Lipinski definition) is 3. The van der Waals surface area contributed by atoms with Gasteiger partial charge >= 0.3 is 0 Å². The van der Waals surface area contributed by atoms with Gasteiger partial charge in [0.25, 0.3) is 0 Å². The average Bonchev–Trinajstić information content (AvgIpc) is 2.34. The van der Waals surface area contributed by atoms with E-state index in [4.69, 9.17) is 15.9 Å². The van der Waals surface area contributed by atoms with Crippen molar-refractivity contribution in [3.8, 4) is 0 Å². The average molecular weight is 205 g/mol. The maximum Gasteiger partial charge on any atom is 0.169 e. The van der Waals surface area contributed by atoms with Crippen molar-refractivity contribution in [2.45, 2.75) is 6.04 Å². The van der Waals surface area contributed by atoms with E-state index in [0.717, 1.165) is 5.76 Å². The van der Waals surface area contributed by atoms with Crippen LogP contribution in [0.2, 0.25) is 0 Å². The van der Waals surface area contributed by atoms with Crippen LogP contribution in [0.4, 0.5) is 0 Å². The molecule has 4 N–H and O–H groups in total. The van der Waals surface area contributed by atoms with Crippen molar-refractivity contribution in [1.29, 1.82) is 0 Å². The Labute approximate surface area is 67.5 Å². The van der Waals surface area contributed by atoms with Gasteiger partial charge < -0.3 is 15.9 Å². The van der Waals surface area contributed by atoms with Gasteiger partial charge in [-0.3, -0.25) is 0 Å². The Morgan fingerprint density at radius 3 is 2.70 bits per heavy atom. The Morgan fingerprint density at radius 1 is 1.60 bits per heavy atom. The molecule has 0 bridgehead atoms. The molecular formula is C6H9BrN2O. The molecule has 0 aliphatic heterocycles. The van der Waals surface area contributed by atoms with E-state index in [2.05, 4.69) is 15.9 Å². The summed E-state index contributed by atoms with van der Waals surface area (Å²) in [5.74, 6) is 0.717. The van der Waals surface area contributed by atoms with Gasteiger partial charge in [0, 0.05) is 6.54 Å². The molecule has 0 saturated heterocycles. The Balaban J connectivity index is 2.74. The Hall–Kier alpha value is -0.320. The second-order valence-electron chi connectivity index (χ2n) is 1.98. The van der Waals surface area contributed by atoms with Gasteiger partial charge in [-0.1, -0.05) is 0 Å². The standard InChI is InChI=1S/C6H9BrN2O/c7-6-2-1-5(10-6)4(9)3-8/h1-2,4H,3,8-9H2/t4-/m1/s1. The lowest BCUT2D eigenvalue weighted by Gasteiger charge is -2.02. The Morgan fingerprint density at radius 2 is 2.30 bits per heavy atom. The molecule has 0 saturated carbocycles. The van der Waals surface area contributed by atoms with Crippen molar-refractivity contribution in [2.24, 2.45) is 11.5 Å². The lowest BCUT2D eigenvalue weighted by atomic mass is 10.2. The summed E-state index contributed by atoms with van der Waals surface area (Å²) in [7, 11) is 0. The van der Waals surface area contributed by atoms with Crippen LogP contribution in [0.5, 0.6) is 0 Å². The molecule has 4 heteroatoms. The first-order valence-corrected chi connectivity index (χ1v) is 3.74. The lowest BCUT2D eigenvalue weighted by Crippen LogP contribution is -2.19. The molecule has 56 valence electrons. The van der Waals surface area contributed by atoms with E-state index in [1.54, 1.807) is 6.07 Å². The van der Waals surface area contributed by atoms with Crippen molar-refractivity contribution >= 4 is 15.9 Å². The third-order valence-corrected chi connectivity index (χ3v) is 1.64. The van der Waals surface area contributed by atoms with Gasteiger partial charge in [-0.15, -0.1) is 0 Å². The summed E-state index contributed by atoms with van der Waals surface area (Å²) in [5, 5.41) is 0. The summed E-state index contributed by atoms with van der Waals surface area (Å²) in [4.78, 5) is 0. The van der Waals surface area contributed by atoms with Gasteiger partial charge in [0.2, 0.25) is 0 Å². The predicted molar refractivity (Wildman–Crippen MR) is 42.4 cm³/mol. The number of hydrogen-bond donors (Lipinski definition) is 2. The summed E-state index contributed by atoms with van der Waals surface area (Å²) in [6, 6.07) is 3.42. The zero-order valence-electron chi connectivity index (χ0n) is 5.38. The van der Waals surface area contributed by atoms with Crippen LogP contribution in [-0.2, 0) is 0 Å². The minimum Gasteiger partial charge on any atom is -0.453 e. The Kier molecular flexibility index (Phi) is 2.48. The van der Waals surface area contributed by atoms with Crippen molar-refractivity contribution < 1.29 is 4.42 Å². The highest BCUT2D eigenvalue weighted by atomic mass is 79.9. The number of nitrogens with two attached hydrogens (primary N) is 2. The molecule has 1 heterocycles. The van der Waals surface area contributed by atoms with Crippen LogP contribution in [0.25, 0.3) is 0 Å². The minimum atomic E-state index is -0.189. The van der Waals surface area contributed by atoms with Crippen LogP contribution in [0.15, 0.2) is 21.2 Å². The molecule has 1 rings (SSSR count). The van der Waals surface area contributed by atoms with Crippen molar-refractivity contribution in [1.82, 2.24) is 0 Å².